The Morgan fingerprint density at radius 3 is 2.00 bits per heavy atom. The van der Waals surface area contributed by atoms with Crippen molar-refractivity contribution in [3.8, 4) is 0 Å². The summed E-state index contributed by atoms with van der Waals surface area (Å²) in [5, 5.41) is 0. The van der Waals surface area contributed by atoms with Gasteiger partial charge in [-0.1, -0.05) is 6.58 Å². The average molecular weight is 216 g/mol. The van der Waals surface area contributed by atoms with E-state index in [1.54, 1.807) is 0 Å². The van der Waals surface area contributed by atoms with Gasteiger partial charge in [-0.25, -0.2) is 4.79 Å². The molecule has 0 aromatic rings. The van der Waals surface area contributed by atoms with Gasteiger partial charge in [-0.2, -0.15) is 0 Å². The molecule has 0 fully saturated rings. The number of ether oxygens (including phenoxy) is 3. The molecule has 4 nitrogen and oxygen atoms in total. The zero-order valence-corrected chi connectivity index (χ0v) is 9.86. The molecule has 0 N–H and O–H groups in total. The van der Waals surface area contributed by atoms with Crippen molar-refractivity contribution in [2.24, 2.45) is 0 Å². The molecule has 0 bridgehead atoms. The van der Waals surface area contributed by atoms with E-state index in [-0.39, 0.29) is 18.8 Å². The predicted molar refractivity (Wildman–Crippen MR) is 57.4 cm³/mol. The zero-order valence-electron chi connectivity index (χ0n) is 9.86. The Bertz CT molecular complexity index is 189. The Morgan fingerprint density at radius 1 is 1.20 bits per heavy atom. The van der Waals surface area contributed by atoms with Gasteiger partial charge in [-0.15, -0.1) is 0 Å². The monoisotopic (exact) mass is 216 g/mol. The van der Waals surface area contributed by atoms with Gasteiger partial charge in [-0.05, 0) is 27.7 Å². The molecule has 0 aliphatic rings. The maximum atomic E-state index is 10.8. The van der Waals surface area contributed by atoms with Gasteiger partial charge in [-0.3, -0.25) is 0 Å². The van der Waals surface area contributed by atoms with E-state index in [4.69, 9.17) is 14.2 Å². The fraction of sp³-hybridized carbons (Fsp3) is 0.727. The molecule has 0 aromatic carbocycles. The van der Waals surface area contributed by atoms with Gasteiger partial charge in [0, 0.05) is 6.08 Å². The summed E-state index contributed by atoms with van der Waals surface area (Å²) in [6.07, 6.45) is 0.642. The van der Waals surface area contributed by atoms with Gasteiger partial charge in [0.25, 0.3) is 0 Å². The van der Waals surface area contributed by atoms with Crippen LogP contribution in [-0.4, -0.2) is 31.1 Å². The van der Waals surface area contributed by atoms with E-state index in [9.17, 15) is 4.79 Å². The normalized spacial score (nSPS) is 11.1. The van der Waals surface area contributed by atoms with Crippen molar-refractivity contribution < 1.29 is 19.0 Å². The second-order valence-electron chi connectivity index (χ2n) is 3.63. The van der Waals surface area contributed by atoms with Crippen molar-refractivity contribution in [1.82, 2.24) is 0 Å². The topological polar surface area (TPSA) is 44.8 Å². The van der Waals surface area contributed by atoms with Gasteiger partial charge in [0.05, 0.1) is 12.2 Å². The highest BCUT2D eigenvalue weighted by atomic mass is 16.7. The molecule has 0 saturated heterocycles. The molecule has 0 aliphatic heterocycles. The molecule has 15 heavy (non-hydrogen) atoms. The molecule has 0 spiro atoms. The van der Waals surface area contributed by atoms with E-state index in [1.165, 1.54) is 0 Å². The first kappa shape index (κ1) is 14.1. The largest absolute Gasteiger partial charge is 0.457 e. The molecule has 0 aliphatic carbocycles. The summed E-state index contributed by atoms with van der Waals surface area (Å²) in [6.45, 7) is 11.0. The van der Waals surface area contributed by atoms with Crippen LogP contribution >= 0.6 is 0 Å². The van der Waals surface area contributed by atoms with E-state index < -0.39 is 12.3 Å². The fourth-order valence-corrected chi connectivity index (χ4v) is 0.927. The zero-order chi connectivity index (χ0) is 11.8. The van der Waals surface area contributed by atoms with E-state index in [2.05, 4.69) is 6.58 Å². The maximum Gasteiger partial charge on any atom is 0.330 e. The number of carbonyl (C=O) groups is 1. The molecule has 0 rings (SSSR count). The third-order valence-corrected chi connectivity index (χ3v) is 1.38. The van der Waals surface area contributed by atoms with E-state index >= 15 is 0 Å². The third-order valence-electron chi connectivity index (χ3n) is 1.38. The highest BCUT2D eigenvalue weighted by Crippen LogP contribution is 2.04. The lowest BCUT2D eigenvalue weighted by atomic mass is 10.4. The summed E-state index contributed by atoms with van der Waals surface area (Å²) < 4.78 is 15.7. The molecule has 0 heterocycles. The first-order chi connectivity index (χ1) is 6.95. The Hall–Kier alpha value is -0.870. The van der Waals surface area contributed by atoms with Crippen LogP contribution in [-0.2, 0) is 19.0 Å². The first-order valence-corrected chi connectivity index (χ1v) is 5.05. The molecular weight excluding hydrogens is 196 g/mol. The molecule has 0 atom stereocenters. The first-order valence-electron chi connectivity index (χ1n) is 5.05. The van der Waals surface area contributed by atoms with Gasteiger partial charge < -0.3 is 14.2 Å². The minimum absolute atomic E-state index is 0.0242. The number of rotatable bonds is 7. The fourth-order valence-electron chi connectivity index (χ4n) is 0.927. The van der Waals surface area contributed by atoms with Crippen LogP contribution < -0.4 is 0 Å². The Morgan fingerprint density at radius 2 is 1.67 bits per heavy atom. The smallest absolute Gasteiger partial charge is 0.330 e. The highest BCUT2D eigenvalue weighted by molar-refractivity contribution is 5.81. The van der Waals surface area contributed by atoms with Crippen LogP contribution in [0.5, 0.6) is 0 Å². The van der Waals surface area contributed by atoms with Crippen molar-refractivity contribution >= 4 is 5.97 Å². The predicted octanol–water partition coefficient (Wildman–Crippen LogP) is 1.89. The van der Waals surface area contributed by atoms with Crippen LogP contribution in [0.1, 0.15) is 27.7 Å². The van der Waals surface area contributed by atoms with Gasteiger partial charge in [0.2, 0.25) is 0 Å². The van der Waals surface area contributed by atoms with Gasteiger partial charge in [0.1, 0.15) is 6.61 Å². The maximum absolute atomic E-state index is 10.8. The SMILES string of the molecule is C=CC(=O)OCC(OC(C)C)OC(C)C. The molecule has 0 aromatic heterocycles. The Balaban J connectivity index is 4.00. The molecule has 0 radical (unpaired) electrons. The van der Waals surface area contributed by atoms with Crippen molar-refractivity contribution in [3.63, 3.8) is 0 Å². The summed E-state index contributed by atoms with van der Waals surface area (Å²) >= 11 is 0. The Labute approximate surface area is 91.2 Å². The van der Waals surface area contributed by atoms with E-state index in [0.717, 1.165) is 6.08 Å². The van der Waals surface area contributed by atoms with Gasteiger partial charge in [0.15, 0.2) is 6.29 Å². The van der Waals surface area contributed by atoms with E-state index in [1.807, 2.05) is 27.7 Å². The summed E-state index contributed by atoms with van der Waals surface area (Å²) in [5.74, 6) is -0.472. The van der Waals surface area contributed by atoms with Crippen LogP contribution in [0, 0.1) is 0 Å². The third kappa shape index (κ3) is 8.15. The summed E-state index contributed by atoms with van der Waals surface area (Å²) in [4.78, 5) is 10.8. The molecule has 0 saturated carbocycles. The van der Waals surface area contributed by atoms with E-state index in [0.29, 0.717) is 0 Å². The van der Waals surface area contributed by atoms with Crippen molar-refractivity contribution in [2.75, 3.05) is 6.61 Å². The minimum Gasteiger partial charge on any atom is -0.457 e. The molecule has 88 valence electrons. The van der Waals surface area contributed by atoms with Crippen LogP contribution in [0.15, 0.2) is 12.7 Å². The second kappa shape index (κ2) is 7.43. The Kier molecular flexibility index (Phi) is 6.99. The van der Waals surface area contributed by atoms with Crippen molar-refractivity contribution in [3.05, 3.63) is 12.7 Å². The number of esters is 1. The lowest BCUT2D eigenvalue weighted by Gasteiger charge is -2.22. The molecule has 4 heteroatoms. The van der Waals surface area contributed by atoms with Crippen molar-refractivity contribution in [1.29, 1.82) is 0 Å². The number of hydrogen-bond donors (Lipinski definition) is 0. The van der Waals surface area contributed by atoms with Crippen molar-refractivity contribution in [2.45, 2.75) is 46.2 Å². The summed E-state index contributed by atoms with van der Waals surface area (Å²) in [7, 11) is 0. The lowest BCUT2D eigenvalue weighted by Crippen LogP contribution is -2.30. The number of carbonyl (C=O) groups excluding carboxylic acids is 1. The number of hydrogen-bond acceptors (Lipinski definition) is 4. The van der Waals surface area contributed by atoms with Crippen LogP contribution in [0.2, 0.25) is 0 Å². The minimum atomic E-state index is -0.520. The molecule has 0 unspecified atom stereocenters. The summed E-state index contributed by atoms with van der Waals surface area (Å²) in [6, 6.07) is 0. The molecular formula is C11H20O4. The van der Waals surface area contributed by atoms with Crippen LogP contribution in [0.4, 0.5) is 0 Å². The van der Waals surface area contributed by atoms with Crippen LogP contribution in [0.3, 0.4) is 0 Å². The lowest BCUT2D eigenvalue weighted by molar-refractivity contribution is -0.205. The molecule has 0 amide bonds. The van der Waals surface area contributed by atoms with Crippen LogP contribution in [0.25, 0.3) is 0 Å². The summed E-state index contributed by atoms with van der Waals surface area (Å²) in [5.41, 5.74) is 0. The standard InChI is InChI=1S/C11H20O4/c1-6-10(12)13-7-11(14-8(2)3)15-9(4)5/h6,8-9,11H,1,7H2,2-5H3. The highest BCUT2D eigenvalue weighted by Gasteiger charge is 2.15. The average Bonchev–Trinajstić information content (AvgIpc) is 2.11. The second-order valence-corrected chi connectivity index (χ2v) is 3.63. The quantitative estimate of drug-likeness (QED) is 0.370. The van der Waals surface area contributed by atoms with Gasteiger partial charge >= 0.3 is 5.97 Å².